The zero-order valence-corrected chi connectivity index (χ0v) is 22.2. The van der Waals surface area contributed by atoms with Crippen LogP contribution >= 0.6 is 11.3 Å². The molecule has 0 aliphatic heterocycles. The summed E-state index contributed by atoms with van der Waals surface area (Å²) in [4.78, 5) is 26.6. The van der Waals surface area contributed by atoms with Crippen LogP contribution in [-0.2, 0) is 27.1 Å². The second kappa shape index (κ2) is 11.4. The van der Waals surface area contributed by atoms with E-state index in [-0.39, 0.29) is 11.8 Å². The molecular weight excluding hydrogens is 492 g/mol. The van der Waals surface area contributed by atoms with Crippen LogP contribution in [0.5, 0.6) is 5.75 Å². The number of nitrogens with zero attached hydrogens (tertiary/aromatic N) is 4. The fourth-order valence-corrected chi connectivity index (χ4v) is 6.15. The number of ether oxygens (including phenoxy) is 3. The molecule has 3 aromatic heterocycles. The van der Waals surface area contributed by atoms with Crippen LogP contribution in [0.4, 0.5) is 11.5 Å². The van der Waals surface area contributed by atoms with Crippen LogP contribution in [0.25, 0.3) is 21.1 Å². The maximum Gasteiger partial charge on any atom is 0.226 e. The fourth-order valence-electron chi connectivity index (χ4n) is 4.88. The predicted molar refractivity (Wildman–Crippen MR) is 144 cm³/mol. The van der Waals surface area contributed by atoms with Gasteiger partial charge in [0.25, 0.3) is 0 Å². The van der Waals surface area contributed by atoms with E-state index >= 15 is 0 Å². The smallest absolute Gasteiger partial charge is 0.226 e. The lowest BCUT2D eigenvalue weighted by Crippen LogP contribution is -2.41. The third kappa shape index (κ3) is 5.25. The lowest BCUT2D eigenvalue weighted by Gasteiger charge is -2.29. The minimum atomic E-state index is -0.0632. The van der Waals surface area contributed by atoms with E-state index in [2.05, 4.69) is 25.5 Å². The first-order chi connectivity index (χ1) is 18.1. The third-order valence-electron chi connectivity index (χ3n) is 6.73. The first-order valence-corrected chi connectivity index (χ1v) is 13.3. The number of H-pyrrole nitrogens is 1. The Morgan fingerprint density at radius 3 is 2.78 bits per heavy atom. The van der Waals surface area contributed by atoms with E-state index in [9.17, 15) is 4.79 Å². The molecule has 11 heteroatoms. The fraction of sp³-hybridized carbons (Fsp3) is 0.462. The van der Waals surface area contributed by atoms with E-state index < -0.39 is 0 Å². The van der Waals surface area contributed by atoms with Gasteiger partial charge in [-0.1, -0.05) is 0 Å². The summed E-state index contributed by atoms with van der Waals surface area (Å²) in [7, 11) is 3.31. The number of methoxy groups -OCH3 is 2. The maximum absolute atomic E-state index is 13.4. The van der Waals surface area contributed by atoms with Gasteiger partial charge in [0.2, 0.25) is 5.91 Å². The summed E-state index contributed by atoms with van der Waals surface area (Å²) in [6.45, 7) is 4.66. The number of hydrogen-bond acceptors (Lipinski definition) is 9. The summed E-state index contributed by atoms with van der Waals surface area (Å²) < 4.78 is 16.3. The molecule has 0 unspecified atom stereocenters. The number of carbonyl (C=O) groups is 1. The van der Waals surface area contributed by atoms with Gasteiger partial charge in [-0.3, -0.25) is 9.89 Å². The van der Waals surface area contributed by atoms with Gasteiger partial charge in [-0.15, -0.1) is 11.3 Å². The largest absolute Gasteiger partial charge is 0.492 e. The number of aromatic amines is 1. The number of anilines is 2. The van der Waals surface area contributed by atoms with E-state index in [1.807, 2.05) is 24.0 Å². The number of rotatable bonds is 11. The predicted octanol–water partition coefficient (Wildman–Crippen LogP) is 3.94. The minimum absolute atomic E-state index is 0.0632. The molecule has 1 aromatic carbocycles. The summed E-state index contributed by atoms with van der Waals surface area (Å²) in [5.41, 5.74) is 2.97. The van der Waals surface area contributed by atoms with Gasteiger partial charge in [0.15, 0.2) is 0 Å². The quantitative estimate of drug-likeness (QED) is 0.303. The maximum atomic E-state index is 13.4. The molecular formula is C26H32N6O4S. The van der Waals surface area contributed by atoms with Crippen molar-refractivity contribution < 1.29 is 19.0 Å². The molecule has 5 rings (SSSR count). The normalized spacial score (nSPS) is 15.2. The van der Waals surface area contributed by atoms with Gasteiger partial charge in [0.05, 0.1) is 42.6 Å². The van der Waals surface area contributed by atoms with Gasteiger partial charge < -0.3 is 24.4 Å². The molecule has 0 fully saturated rings. The molecule has 0 radical (unpaired) electrons. The van der Waals surface area contributed by atoms with Crippen molar-refractivity contribution in [1.29, 1.82) is 0 Å². The van der Waals surface area contributed by atoms with Crippen LogP contribution in [0.1, 0.15) is 23.8 Å². The highest BCUT2D eigenvalue weighted by Crippen LogP contribution is 2.42. The molecule has 3 heterocycles. The number of aromatic nitrogens is 4. The summed E-state index contributed by atoms with van der Waals surface area (Å²) in [5.74, 6) is 1.58. The van der Waals surface area contributed by atoms with Crippen LogP contribution in [-0.4, -0.2) is 78.1 Å². The molecule has 1 amide bonds. The Hall–Kier alpha value is -3.28. The number of amides is 1. The summed E-state index contributed by atoms with van der Waals surface area (Å²) in [6, 6.07) is 3.96. The average Bonchev–Trinajstić information content (AvgIpc) is 3.52. The number of aryl methyl sites for hydroxylation is 1. The van der Waals surface area contributed by atoms with Gasteiger partial charge >= 0.3 is 0 Å². The molecule has 2 N–H and O–H groups in total. The van der Waals surface area contributed by atoms with Crippen molar-refractivity contribution in [1.82, 2.24) is 25.1 Å². The van der Waals surface area contributed by atoms with E-state index in [1.165, 1.54) is 10.4 Å². The van der Waals surface area contributed by atoms with Crippen LogP contribution in [0, 0.1) is 5.92 Å². The van der Waals surface area contributed by atoms with Crippen LogP contribution in [0.2, 0.25) is 0 Å². The van der Waals surface area contributed by atoms with E-state index in [4.69, 9.17) is 14.2 Å². The zero-order valence-electron chi connectivity index (χ0n) is 21.4. The first kappa shape index (κ1) is 25.4. The van der Waals surface area contributed by atoms with Crippen molar-refractivity contribution in [3.63, 3.8) is 0 Å². The number of benzene rings is 1. The standard InChI is InChI=1S/C26H32N6O4S/c1-4-36-21-13-19-17(14-29-31-19)11-20(21)30-24-23-18-6-5-16(12-22(18)37-25(23)28-15-27-24)26(33)32(7-9-34-2)8-10-35-3/h11,13-16H,4-10,12H2,1-3H3,(H,29,31)(H,27,28,30)/t16-/m0/s1. The van der Waals surface area contributed by atoms with Crippen LogP contribution < -0.4 is 10.1 Å². The van der Waals surface area contributed by atoms with Crippen LogP contribution in [0.15, 0.2) is 24.7 Å². The van der Waals surface area contributed by atoms with Gasteiger partial charge in [-0.05, 0) is 37.8 Å². The lowest BCUT2D eigenvalue weighted by molar-refractivity contribution is -0.137. The molecule has 0 saturated carbocycles. The molecule has 10 nitrogen and oxygen atoms in total. The highest BCUT2D eigenvalue weighted by atomic mass is 32.1. The summed E-state index contributed by atoms with van der Waals surface area (Å²) in [5, 5.41) is 12.6. The van der Waals surface area contributed by atoms with Crippen molar-refractivity contribution in [3.05, 3.63) is 35.1 Å². The monoisotopic (exact) mass is 524 g/mol. The van der Waals surface area contributed by atoms with Crippen molar-refractivity contribution in [3.8, 4) is 5.75 Å². The van der Waals surface area contributed by atoms with Crippen molar-refractivity contribution in [2.24, 2.45) is 5.92 Å². The Kier molecular flexibility index (Phi) is 7.82. The molecule has 196 valence electrons. The van der Waals surface area contributed by atoms with Crippen molar-refractivity contribution in [2.45, 2.75) is 26.2 Å². The highest BCUT2D eigenvalue weighted by Gasteiger charge is 2.31. The van der Waals surface area contributed by atoms with Crippen molar-refractivity contribution in [2.75, 3.05) is 52.4 Å². The van der Waals surface area contributed by atoms with Crippen molar-refractivity contribution >= 4 is 49.9 Å². The van der Waals surface area contributed by atoms with E-state index in [0.717, 1.165) is 51.2 Å². The average molecular weight is 525 g/mol. The number of nitrogens with one attached hydrogen (secondary N) is 2. The lowest BCUT2D eigenvalue weighted by atomic mass is 9.87. The minimum Gasteiger partial charge on any atom is -0.492 e. The molecule has 0 spiro atoms. The molecule has 4 aromatic rings. The Morgan fingerprint density at radius 1 is 1.22 bits per heavy atom. The second-order valence-corrected chi connectivity index (χ2v) is 10.1. The van der Waals surface area contributed by atoms with E-state index in [1.54, 1.807) is 38.1 Å². The zero-order chi connectivity index (χ0) is 25.8. The number of hydrogen-bond donors (Lipinski definition) is 2. The first-order valence-electron chi connectivity index (χ1n) is 12.5. The van der Waals surface area contributed by atoms with Gasteiger partial charge in [0.1, 0.15) is 22.7 Å². The Balaban J connectivity index is 1.42. The number of thiophene rings is 1. The summed E-state index contributed by atoms with van der Waals surface area (Å²) in [6.07, 6.45) is 5.67. The Morgan fingerprint density at radius 2 is 2.03 bits per heavy atom. The topological polar surface area (TPSA) is 114 Å². The molecule has 1 atom stereocenters. The Bertz CT molecular complexity index is 1380. The van der Waals surface area contributed by atoms with Gasteiger partial charge in [-0.25, -0.2) is 9.97 Å². The van der Waals surface area contributed by atoms with Crippen LogP contribution in [0.3, 0.4) is 0 Å². The van der Waals surface area contributed by atoms with E-state index in [0.29, 0.717) is 39.3 Å². The number of carbonyl (C=O) groups excluding carboxylic acids is 1. The SMILES string of the molecule is CCOc1cc2[nH]ncc2cc1Nc1ncnc2sc3c(c12)CC[C@H](C(=O)N(CCOC)CCOC)C3. The highest BCUT2D eigenvalue weighted by molar-refractivity contribution is 7.19. The van der Waals surface area contributed by atoms with Gasteiger partial charge in [0, 0.05) is 49.6 Å². The molecule has 1 aliphatic carbocycles. The van der Waals surface area contributed by atoms with Gasteiger partial charge in [-0.2, -0.15) is 5.10 Å². The number of fused-ring (bicyclic) bond motifs is 4. The molecule has 0 saturated heterocycles. The third-order valence-corrected chi connectivity index (χ3v) is 7.89. The molecule has 1 aliphatic rings. The second-order valence-electron chi connectivity index (χ2n) is 9.02. The molecule has 37 heavy (non-hydrogen) atoms. The Labute approximate surface area is 219 Å². The summed E-state index contributed by atoms with van der Waals surface area (Å²) >= 11 is 1.65. The molecule has 0 bridgehead atoms.